The average Bonchev–Trinajstić information content (AvgIpc) is 2.76. The smallest absolute Gasteiger partial charge is 0.0256 e. The lowest BCUT2D eigenvalue weighted by molar-refractivity contribution is 1.58. The van der Waals surface area contributed by atoms with Crippen molar-refractivity contribution in [2.24, 2.45) is 0 Å². The second-order valence-electron chi connectivity index (χ2n) is 6.53. The molecule has 0 radical (unpaired) electrons. The average molecular weight is 365 g/mol. The van der Waals surface area contributed by atoms with Gasteiger partial charge in [0, 0.05) is 0 Å². The van der Waals surface area contributed by atoms with E-state index in [1.165, 1.54) is 21.7 Å². The van der Waals surface area contributed by atoms with Gasteiger partial charge < -0.3 is 0 Å². The summed E-state index contributed by atoms with van der Waals surface area (Å²) in [5, 5.41) is 2.73. The van der Waals surface area contributed by atoms with E-state index < -0.39 is 6.89 Å². The van der Waals surface area contributed by atoms with Crippen LogP contribution in [0.2, 0.25) is 0 Å². The molecule has 0 nitrogen and oxygen atoms in total. The molecule has 0 spiro atoms. The molecule has 0 aromatic heterocycles. The van der Waals surface area contributed by atoms with Crippen LogP contribution >= 0.6 is 6.89 Å². The van der Waals surface area contributed by atoms with Crippen molar-refractivity contribution in [2.45, 2.75) is 0 Å². The van der Waals surface area contributed by atoms with E-state index in [1.54, 1.807) is 0 Å². The Bertz CT molecular complexity index is 977. The maximum atomic E-state index is 2.48. The van der Waals surface area contributed by atoms with Gasteiger partial charge in [0.15, 0.2) is 0 Å². The van der Waals surface area contributed by atoms with Gasteiger partial charge in [0.1, 0.15) is 0 Å². The van der Waals surface area contributed by atoms with E-state index in [2.05, 4.69) is 133 Å². The third-order valence-corrected chi connectivity index (χ3v) is 8.39. The van der Waals surface area contributed by atoms with Gasteiger partial charge in [-0.05, 0) is 16.2 Å². The molecular weight excluding hydrogens is 343 g/mol. The number of benzene rings is 4. The third-order valence-electron chi connectivity index (χ3n) is 4.67. The van der Waals surface area contributed by atoms with Gasteiger partial charge in [-0.15, -0.1) is 12.1 Å². The molecule has 0 atom stereocenters. The molecule has 0 heterocycles. The Labute approximate surface area is 162 Å². The predicted octanol–water partition coefficient (Wildman–Crippen LogP) is 5.72. The quantitative estimate of drug-likeness (QED) is 0.314. The normalized spacial score (nSPS) is 11.0. The molecule has 132 valence electrons. The zero-order chi connectivity index (χ0) is 18.4. The third kappa shape index (κ3) is 3.92. The van der Waals surface area contributed by atoms with Crippen LogP contribution in [0.15, 0.2) is 121 Å². The van der Waals surface area contributed by atoms with Crippen LogP contribution in [0.4, 0.5) is 0 Å². The van der Waals surface area contributed by atoms with E-state index >= 15 is 0 Å². The van der Waals surface area contributed by atoms with E-state index in [-0.39, 0.29) is 0 Å². The van der Waals surface area contributed by atoms with Gasteiger partial charge in [0.25, 0.3) is 0 Å². The van der Waals surface area contributed by atoms with Gasteiger partial charge in [-0.1, -0.05) is 110 Å². The highest BCUT2D eigenvalue weighted by molar-refractivity contribution is 7.90. The molecule has 4 aromatic rings. The molecule has 4 aromatic carbocycles. The monoisotopic (exact) mass is 365 g/mol. The fourth-order valence-corrected chi connectivity index (χ4v) is 6.97. The Hall–Kier alpha value is -2.95. The number of hydrogen-bond acceptors (Lipinski definition) is 0. The maximum Gasteiger partial charge on any atom is -0.0256 e. The Balaban J connectivity index is 2.01. The van der Waals surface area contributed by atoms with Crippen molar-refractivity contribution in [1.29, 1.82) is 0 Å². The van der Waals surface area contributed by atoms with Crippen LogP contribution in [-0.2, 0) is 0 Å². The van der Waals surface area contributed by atoms with Crippen molar-refractivity contribution >= 4 is 23.3 Å². The molecule has 0 fully saturated rings. The highest BCUT2D eigenvalue weighted by Gasteiger charge is 2.19. The summed E-state index contributed by atoms with van der Waals surface area (Å²) >= 11 is 0. The van der Waals surface area contributed by atoms with E-state index in [4.69, 9.17) is 0 Å². The number of hydrogen-bond donors (Lipinski definition) is 0. The molecule has 0 amide bonds. The molecule has 4 rings (SSSR count). The minimum absolute atomic E-state index is 1.26. The Morgan fingerprint density at radius 1 is 0.481 bits per heavy atom. The molecule has 0 saturated heterocycles. The fraction of sp³-hybridized carbons (Fsp3) is 0. The second-order valence-corrected chi connectivity index (χ2v) is 9.63. The van der Waals surface area contributed by atoms with Crippen molar-refractivity contribution in [2.75, 3.05) is 0 Å². The molecule has 0 aliphatic heterocycles. The molecule has 0 bridgehead atoms. The first kappa shape index (κ1) is 17.5. The maximum absolute atomic E-state index is 2.48. The van der Waals surface area contributed by atoms with Gasteiger partial charge in [-0.3, -0.25) is 0 Å². The van der Waals surface area contributed by atoms with E-state index in [0.29, 0.717) is 0 Å². The summed E-state index contributed by atoms with van der Waals surface area (Å²) in [5.41, 5.74) is 2.51. The lowest BCUT2D eigenvalue weighted by Crippen LogP contribution is -2.19. The van der Waals surface area contributed by atoms with Gasteiger partial charge in [0.2, 0.25) is 0 Å². The summed E-state index contributed by atoms with van der Waals surface area (Å²) < 4.78 is 0. The molecule has 27 heavy (non-hydrogen) atoms. The molecule has 0 aliphatic carbocycles. The number of rotatable bonds is 5. The van der Waals surface area contributed by atoms with E-state index in [0.717, 1.165) is 0 Å². The molecule has 0 N–H and O–H groups in total. The first-order valence-electron chi connectivity index (χ1n) is 9.18. The van der Waals surface area contributed by atoms with Crippen LogP contribution in [0.1, 0.15) is 11.1 Å². The summed E-state index contributed by atoms with van der Waals surface area (Å²) in [7, 11) is 0. The van der Waals surface area contributed by atoms with Crippen LogP contribution in [-0.4, -0.2) is 5.80 Å². The van der Waals surface area contributed by atoms with Crippen LogP contribution in [0.3, 0.4) is 0 Å². The second kappa shape index (κ2) is 8.16. The first-order chi connectivity index (χ1) is 13.4. The predicted molar refractivity (Wildman–Crippen MR) is 121 cm³/mol. The largest absolute Gasteiger partial charge is 0.187 e. The molecule has 1 heteroatoms. The highest BCUT2D eigenvalue weighted by Crippen LogP contribution is 2.50. The van der Waals surface area contributed by atoms with Gasteiger partial charge in [-0.25, -0.2) is 0 Å². The molecular formula is C26H22P-. The van der Waals surface area contributed by atoms with Gasteiger partial charge in [-0.2, -0.15) is 23.9 Å². The molecule has 0 aliphatic rings. The summed E-state index contributed by atoms with van der Waals surface area (Å²) in [6.07, 6.45) is 2.48. The van der Waals surface area contributed by atoms with E-state index in [1.807, 2.05) is 0 Å². The van der Waals surface area contributed by atoms with Crippen LogP contribution in [0.25, 0.3) is 0 Å². The zero-order valence-electron chi connectivity index (χ0n) is 15.1. The minimum Gasteiger partial charge on any atom is -0.187 e. The Morgan fingerprint density at radius 3 is 1.37 bits per heavy atom. The van der Waals surface area contributed by atoms with Crippen LogP contribution in [0.5, 0.6) is 0 Å². The Kier molecular flexibility index (Phi) is 5.28. The topological polar surface area (TPSA) is 0 Å². The summed E-state index contributed by atoms with van der Waals surface area (Å²) in [5.74, 6) is 2.48. The summed E-state index contributed by atoms with van der Waals surface area (Å²) in [4.78, 5) is 0. The van der Waals surface area contributed by atoms with Crippen molar-refractivity contribution in [1.82, 2.24) is 0 Å². The van der Waals surface area contributed by atoms with Crippen LogP contribution < -0.4 is 10.6 Å². The fourth-order valence-electron chi connectivity index (χ4n) is 3.38. The first-order valence-corrected chi connectivity index (χ1v) is 11.1. The Morgan fingerprint density at radius 2 is 0.889 bits per heavy atom. The van der Waals surface area contributed by atoms with Crippen molar-refractivity contribution in [3.05, 3.63) is 139 Å². The van der Waals surface area contributed by atoms with Gasteiger partial charge >= 0.3 is 0 Å². The zero-order valence-corrected chi connectivity index (χ0v) is 16.0. The minimum atomic E-state index is -1.89. The van der Waals surface area contributed by atoms with Crippen LogP contribution in [0, 0.1) is 6.16 Å². The molecule has 0 saturated carbocycles. The summed E-state index contributed by atoms with van der Waals surface area (Å²) in [6.45, 7) is -1.89. The van der Waals surface area contributed by atoms with Crippen molar-refractivity contribution in [3.63, 3.8) is 0 Å². The lowest BCUT2D eigenvalue weighted by Gasteiger charge is -2.33. The standard InChI is InChI=1S/C26H22P/c1-5-13-23(14-6-1)21-27(25-17-9-3-10-18-25,26-19-11-4-12-20-26)22-24-15-7-2-8-16-24/h1-22H/q-1. The summed E-state index contributed by atoms with van der Waals surface area (Å²) in [6, 6.07) is 43.2. The van der Waals surface area contributed by atoms with Crippen molar-refractivity contribution in [3.8, 4) is 0 Å². The van der Waals surface area contributed by atoms with Gasteiger partial charge in [0.05, 0.1) is 0 Å². The highest BCUT2D eigenvalue weighted by atomic mass is 31.2. The lowest BCUT2D eigenvalue weighted by atomic mass is 10.2. The van der Waals surface area contributed by atoms with E-state index in [9.17, 15) is 0 Å². The molecule has 0 unspecified atom stereocenters. The SMILES string of the molecule is C(c1ccccc1)=P([CH-]c1ccccc1)(c1ccccc1)c1ccccc1. The van der Waals surface area contributed by atoms with Crippen molar-refractivity contribution < 1.29 is 0 Å².